The molecule has 0 radical (unpaired) electrons. The molecule has 244 valence electrons. The van der Waals surface area contributed by atoms with Gasteiger partial charge in [0, 0.05) is 59.4 Å². The van der Waals surface area contributed by atoms with Gasteiger partial charge in [0.05, 0.1) is 47.7 Å². The molecule has 6 aromatic rings. The zero-order valence-corrected chi connectivity index (χ0v) is 27.2. The minimum Gasteiger partial charge on any atom is -0.490 e. The van der Waals surface area contributed by atoms with Crippen LogP contribution in [0.4, 0.5) is 8.78 Å². The number of rotatable bonds is 8. The minimum atomic E-state index is -0.824. The molecule has 1 atom stereocenters. The van der Waals surface area contributed by atoms with Gasteiger partial charge in [-0.1, -0.05) is 18.7 Å². The number of aromatic nitrogens is 5. The molecule has 0 saturated carbocycles. The van der Waals surface area contributed by atoms with Crippen LogP contribution in [0.1, 0.15) is 18.7 Å². The number of thiophene rings is 1. The van der Waals surface area contributed by atoms with Crippen LogP contribution < -0.4 is 10.3 Å². The van der Waals surface area contributed by atoms with Crippen molar-refractivity contribution in [1.82, 2.24) is 29.4 Å². The van der Waals surface area contributed by atoms with Gasteiger partial charge in [-0.2, -0.15) is 10.2 Å². The van der Waals surface area contributed by atoms with Gasteiger partial charge < -0.3 is 14.4 Å². The van der Waals surface area contributed by atoms with Gasteiger partial charge in [-0.3, -0.25) is 14.3 Å². The molecule has 7 rings (SSSR count). The smallest absolute Gasteiger partial charge is 0.274 e. The van der Waals surface area contributed by atoms with E-state index in [1.807, 2.05) is 41.3 Å². The first-order valence-corrected chi connectivity index (χ1v) is 16.1. The van der Waals surface area contributed by atoms with Crippen molar-refractivity contribution in [3.05, 3.63) is 94.4 Å². The summed E-state index contributed by atoms with van der Waals surface area (Å²) in [6.07, 6.45) is 2.91. The molecule has 48 heavy (non-hydrogen) atoms. The second kappa shape index (κ2) is 12.4. The number of aryl methyl sites for hydroxylation is 1. The summed E-state index contributed by atoms with van der Waals surface area (Å²) in [6.45, 7) is 6.68. The average molecular weight is 669 g/mol. The number of nitrogens with zero attached hydrogens (tertiary/aromatic N) is 6. The van der Waals surface area contributed by atoms with E-state index in [-0.39, 0.29) is 42.0 Å². The summed E-state index contributed by atoms with van der Waals surface area (Å²) in [5.74, 6) is -1.81. The lowest BCUT2D eigenvalue weighted by Crippen LogP contribution is -2.40. The van der Waals surface area contributed by atoms with Gasteiger partial charge in [-0.25, -0.2) is 18.4 Å². The molecular formula is C35H30F2N6O4S. The molecule has 0 N–H and O–H groups in total. The molecule has 0 fully saturated rings. The topological polar surface area (TPSA) is 104 Å². The van der Waals surface area contributed by atoms with Crippen LogP contribution in [-0.2, 0) is 23.1 Å². The Balaban J connectivity index is 1.52. The first-order valence-electron chi connectivity index (χ1n) is 15.2. The first kappa shape index (κ1) is 31.3. The second-order valence-electron chi connectivity index (χ2n) is 11.4. The Kier molecular flexibility index (Phi) is 8.09. The highest BCUT2D eigenvalue weighted by atomic mass is 32.1. The average Bonchev–Trinajstić information content (AvgIpc) is 3.74. The van der Waals surface area contributed by atoms with Crippen LogP contribution in [0.15, 0.2) is 71.5 Å². The third-order valence-electron chi connectivity index (χ3n) is 8.60. The lowest BCUT2D eigenvalue weighted by atomic mass is 9.96. The highest BCUT2D eigenvalue weighted by Gasteiger charge is 2.31. The van der Waals surface area contributed by atoms with Crippen molar-refractivity contribution in [2.75, 3.05) is 26.9 Å². The third-order valence-corrected chi connectivity index (χ3v) is 9.53. The van der Waals surface area contributed by atoms with Crippen LogP contribution >= 0.6 is 11.3 Å². The van der Waals surface area contributed by atoms with Gasteiger partial charge in [0.15, 0.2) is 0 Å². The lowest BCUT2D eigenvalue weighted by molar-refractivity contribution is -0.129. The Morgan fingerprint density at radius 3 is 2.71 bits per heavy atom. The molecule has 0 saturated heterocycles. The quantitative estimate of drug-likeness (QED) is 0.142. The predicted molar refractivity (Wildman–Crippen MR) is 180 cm³/mol. The summed E-state index contributed by atoms with van der Waals surface area (Å²) >= 11 is 1.37. The Morgan fingerprint density at radius 1 is 1.08 bits per heavy atom. The van der Waals surface area contributed by atoms with Gasteiger partial charge >= 0.3 is 0 Å². The van der Waals surface area contributed by atoms with Gasteiger partial charge in [-0.05, 0) is 36.6 Å². The standard InChI is InChI=1S/C35H30F2N6O4S/c1-5-29(44)42-9-10-43-27(19(42)2)17-26(40-43)33-31(30-25(37)15-22(36)16-28(30)47-12-11-46-4)34-23(8-13-48-34)32(39-33)20-6-7-21-18-38-41(3)35(45)24(21)14-20/h5-8,13-19H,1,9-12H2,2-4H3/t19-/m1/s1. The number of amides is 1. The van der Waals surface area contributed by atoms with Crippen molar-refractivity contribution in [1.29, 1.82) is 0 Å². The third kappa shape index (κ3) is 5.24. The number of hydrogen-bond acceptors (Lipinski definition) is 8. The van der Waals surface area contributed by atoms with Crippen LogP contribution in [-0.4, -0.2) is 62.2 Å². The Labute approximate surface area is 277 Å². The first-order chi connectivity index (χ1) is 23.2. The minimum absolute atomic E-state index is 0.00292. The van der Waals surface area contributed by atoms with Crippen molar-refractivity contribution >= 4 is 38.1 Å². The van der Waals surface area contributed by atoms with Crippen LogP contribution in [0.5, 0.6) is 5.75 Å². The van der Waals surface area contributed by atoms with Crippen molar-refractivity contribution in [2.24, 2.45) is 7.05 Å². The number of carbonyl (C=O) groups excluding carboxylic acids is 1. The molecule has 0 bridgehead atoms. The van der Waals surface area contributed by atoms with E-state index in [1.165, 1.54) is 29.2 Å². The summed E-state index contributed by atoms with van der Waals surface area (Å²) in [5, 5.41) is 12.8. The van der Waals surface area contributed by atoms with E-state index in [4.69, 9.17) is 19.6 Å². The van der Waals surface area contributed by atoms with E-state index in [9.17, 15) is 14.0 Å². The number of benzene rings is 2. The summed E-state index contributed by atoms with van der Waals surface area (Å²) in [5.41, 5.74) is 2.92. The molecule has 1 amide bonds. The van der Waals surface area contributed by atoms with Crippen molar-refractivity contribution < 1.29 is 23.0 Å². The summed E-state index contributed by atoms with van der Waals surface area (Å²) in [4.78, 5) is 32.5. The van der Waals surface area contributed by atoms with Crippen LogP contribution in [0.25, 0.3) is 54.6 Å². The fourth-order valence-electron chi connectivity index (χ4n) is 6.22. The number of hydrogen-bond donors (Lipinski definition) is 0. The largest absolute Gasteiger partial charge is 0.490 e. The fraction of sp³-hybridized carbons (Fsp3) is 0.229. The summed E-state index contributed by atoms with van der Waals surface area (Å²) in [7, 11) is 3.10. The molecule has 13 heteroatoms. The van der Waals surface area contributed by atoms with Gasteiger partial charge in [0.25, 0.3) is 5.56 Å². The van der Waals surface area contributed by atoms with E-state index < -0.39 is 11.6 Å². The number of fused-ring (bicyclic) bond motifs is 3. The zero-order valence-electron chi connectivity index (χ0n) is 26.4. The molecular weight excluding hydrogens is 638 g/mol. The lowest BCUT2D eigenvalue weighted by Gasteiger charge is -2.33. The normalized spacial score (nSPS) is 14.4. The summed E-state index contributed by atoms with van der Waals surface area (Å²) in [6, 6.07) is 10.8. The summed E-state index contributed by atoms with van der Waals surface area (Å²) < 4.78 is 45.5. The molecule has 1 aliphatic heterocycles. The second-order valence-corrected chi connectivity index (χ2v) is 12.3. The number of halogens is 2. The van der Waals surface area contributed by atoms with Crippen LogP contribution in [0, 0.1) is 11.6 Å². The van der Waals surface area contributed by atoms with E-state index in [1.54, 1.807) is 24.2 Å². The molecule has 4 aromatic heterocycles. The molecule has 0 unspecified atom stereocenters. The van der Waals surface area contributed by atoms with E-state index in [0.29, 0.717) is 62.2 Å². The number of methoxy groups -OCH3 is 1. The van der Waals surface area contributed by atoms with E-state index in [0.717, 1.165) is 17.8 Å². The Bertz CT molecular complexity index is 2310. The maximum atomic E-state index is 16.1. The van der Waals surface area contributed by atoms with Crippen LogP contribution in [0.3, 0.4) is 0 Å². The number of pyridine rings is 1. The van der Waals surface area contributed by atoms with Crippen molar-refractivity contribution in [2.45, 2.75) is 19.5 Å². The molecule has 2 aromatic carbocycles. The SMILES string of the molecule is C=CC(=O)N1CCn2nc(-c3nc(-c4ccc5cnn(C)c(=O)c5c4)c4ccsc4c3-c3c(F)cc(F)cc3OCCOC)cc2[C@H]1C. The van der Waals surface area contributed by atoms with Gasteiger partial charge in [0.1, 0.15) is 35.4 Å². The van der Waals surface area contributed by atoms with Crippen molar-refractivity contribution in [3.63, 3.8) is 0 Å². The molecule has 5 heterocycles. The Hall–Kier alpha value is -5.27. The monoisotopic (exact) mass is 668 g/mol. The van der Waals surface area contributed by atoms with E-state index in [2.05, 4.69) is 11.7 Å². The molecule has 1 aliphatic rings. The van der Waals surface area contributed by atoms with Crippen molar-refractivity contribution in [3.8, 4) is 39.5 Å². The van der Waals surface area contributed by atoms with Gasteiger partial charge in [0.2, 0.25) is 5.91 Å². The fourth-order valence-corrected chi connectivity index (χ4v) is 7.17. The number of ether oxygens (including phenoxy) is 2. The maximum Gasteiger partial charge on any atom is 0.274 e. The maximum absolute atomic E-state index is 16.1. The highest BCUT2D eigenvalue weighted by Crippen LogP contribution is 2.47. The van der Waals surface area contributed by atoms with E-state index >= 15 is 4.39 Å². The highest BCUT2D eigenvalue weighted by molar-refractivity contribution is 7.18. The Morgan fingerprint density at radius 2 is 1.92 bits per heavy atom. The predicted octanol–water partition coefficient (Wildman–Crippen LogP) is 6.13. The zero-order chi connectivity index (χ0) is 33.7. The molecule has 0 aliphatic carbocycles. The van der Waals surface area contributed by atoms with Crippen LogP contribution in [0.2, 0.25) is 0 Å². The molecule has 10 nitrogen and oxygen atoms in total. The van der Waals surface area contributed by atoms with Gasteiger partial charge in [-0.15, -0.1) is 11.3 Å². The number of carbonyl (C=O) groups is 1. The molecule has 0 spiro atoms.